The Labute approximate surface area is 96.5 Å². The maximum Gasteiger partial charge on any atom is 0.0975 e. The van der Waals surface area contributed by atoms with Crippen LogP contribution in [-0.2, 0) is 16.1 Å². The molecule has 0 bridgehead atoms. The number of methoxy groups -OCH3 is 1. The lowest BCUT2D eigenvalue weighted by Gasteiger charge is -2.29. The van der Waals surface area contributed by atoms with E-state index >= 15 is 0 Å². The lowest BCUT2D eigenvalue weighted by atomic mass is 9.96. The fraction of sp³-hybridized carbons (Fsp3) is 0.538. The first-order valence-electron chi connectivity index (χ1n) is 5.76. The van der Waals surface area contributed by atoms with Crippen molar-refractivity contribution >= 4 is 0 Å². The van der Waals surface area contributed by atoms with Crippen LogP contribution >= 0.6 is 0 Å². The van der Waals surface area contributed by atoms with Gasteiger partial charge in [-0.15, -0.1) is 0 Å². The molecular formula is C13H19NO2. The summed E-state index contributed by atoms with van der Waals surface area (Å²) in [4.78, 5) is 0. The molecule has 3 nitrogen and oxygen atoms in total. The third-order valence-corrected chi connectivity index (χ3v) is 2.99. The number of rotatable bonds is 3. The largest absolute Gasteiger partial charge is 0.380 e. The summed E-state index contributed by atoms with van der Waals surface area (Å²) in [6.07, 6.45) is 2.18. The molecule has 1 heterocycles. The predicted octanol–water partition coefficient (Wildman–Crippen LogP) is 2.01. The Bertz CT molecular complexity index is 323. The van der Waals surface area contributed by atoms with Gasteiger partial charge in [0.15, 0.2) is 0 Å². The molecule has 2 atom stereocenters. The summed E-state index contributed by atoms with van der Waals surface area (Å²) in [6.45, 7) is 1.47. The van der Waals surface area contributed by atoms with Crippen LogP contribution in [0.2, 0.25) is 0 Å². The van der Waals surface area contributed by atoms with Gasteiger partial charge < -0.3 is 15.2 Å². The second kappa shape index (κ2) is 5.43. The van der Waals surface area contributed by atoms with Gasteiger partial charge in [-0.2, -0.15) is 0 Å². The Kier molecular flexibility index (Phi) is 3.93. The fourth-order valence-corrected chi connectivity index (χ4v) is 2.12. The first-order chi connectivity index (χ1) is 7.81. The van der Waals surface area contributed by atoms with Gasteiger partial charge in [0.1, 0.15) is 0 Å². The minimum absolute atomic E-state index is 0.0605. The van der Waals surface area contributed by atoms with Crippen LogP contribution in [0.4, 0.5) is 0 Å². The summed E-state index contributed by atoms with van der Waals surface area (Å²) >= 11 is 0. The van der Waals surface area contributed by atoms with E-state index in [1.807, 2.05) is 0 Å². The van der Waals surface area contributed by atoms with Crippen LogP contribution in [0.15, 0.2) is 24.3 Å². The van der Waals surface area contributed by atoms with Gasteiger partial charge in [-0.1, -0.05) is 24.3 Å². The molecule has 0 amide bonds. The first-order valence-corrected chi connectivity index (χ1v) is 5.76. The topological polar surface area (TPSA) is 44.5 Å². The number of hydrogen-bond acceptors (Lipinski definition) is 3. The van der Waals surface area contributed by atoms with E-state index in [2.05, 4.69) is 24.3 Å². The van der Waals surface area contributed by atoms with Gasteiger partial charge >= 0.3 is 0 Å². The summed E-state index contributed by atoms with van der Waals surface area (Å²) < 4.78 is 10.8. The Morgan fingerprint density at radius 3 is 2.75 bits per heavy atom. The molecule has 0 aromatic heterocycles. The van der Waals surface area contributed by atoms with Crippen LogP contribution < -0.4 is 5.73 Å². The highest BCUT2D eigenvalue weighted by Crippen LogP contribution is 2.27. The normalized spacial score (nSPS) is 25.6. The quantitative estimate of drug-likeness (QED) is 0.849. The van der Waals surface area contributed by atoms with Crippen molar-refractivity contribution in [3.8, 4) is 0 Å². The van der Waals surface area contributed by atoms with E-state index in [4.69, 9.17) is 15.2 Å². The standard InChI is InChI=1S/C13H19NO2/c1-15-9-10-4-6-11(7-5-10)13-12(14)3-2-8-16-13/h4-7,12-13H,2-3,8-9,14H2,1H3. The van der Waals surface area contributed by atoms with Crippen molar-refractivity contribution < 1.29 is 9.47 Å². The Hall–Kier alpha value is -0.900. The molecule has 2 rings (SSSR count). The van der Waals surface area contributed by atoms with E-state index in [1.54, 1.807) is 7.11 Å². The van der Waals surface area contributed by atoms with Gasteiger partial charge in [0.2, 0.25) is 0 Å². The second-order valence-corrected chi connectivity index (χ2v) is 4.27. The minimum atomic E-state index is 0.0605. The van der Waals surface area contributed by atoms with Crippen molar-refractivity contribution in [1.29, 1.82) is 0 Å². The van der Waals surface area contributed by atoms with Crippen LogP contribution in [0.3, 0.4) is 0 Å². The maximum atomic E-state index is 6.06. The fourth-order valence-electron chi connectivity index (χ4n) is 2.12. The van der Waals surface area contributed by atoms with E-state index in [0.717, 1.165) is 19.4 Å². The minimum Gasteiger partial charge on any atom is -0.380 e. The smallest absolute Gasteiger partial charge is 0.0975 e. The zero-order chi connectivity index (χ0) is 11.4. The lowest BCUT2D eigenvalue weighted by molar-refractivity contribution is 0.000123. The van der Waals surface area contributed by atoms with Gasteiger partial charge in [0, 0.05) is 19.8 Å². The van der Waals surface area contributed by atoms with E-state index in [0.29, 0.717) is 6.61 Å². The average molecular weight is 221 g/mol. The van der Waals surface area contributed by atoms with Crippen molar-refractivity contribution in [2.24, 2.45) is 5.73 Å². The van der Waals surface area contributed by atoms with Crippen molar-refractivity contribution in [1.82, 2.24) is 0 Å². The van der Waals surface area contributed by atoms with Crippen molar-refractivity contribution in [3.63, 3.8) is 0 Å². The summed E-state index contributed by atoms with van der Waals surface area (Å²) in [5.74, 6) is 0. The summed E-state index contributed by atoms with van der Waals surface area (Å²) in [6, 6.07) is 8.45. The molecule has 2 unspecified atom stereocenters. The number of benzene rings is 1. The van der Waals surface area contributed by atoms with Crippen LogP contribution in [0.5, 0.6) is 0 Å². The van der Waals surface area contributed by atoms with Crippen molar-refractivity contribution in [2.75, 3.05) is 13.7 Å². The van der Waals surface area contributed by atoms with E-state index in [9.17, 15) is 0 Å². The number of hydrogen-bond donors (Lipinski definition) is 1. The van der Waals surface area contributed by atoms with E-state index < -0.39 is 0 Å². The van der Waals surface area contributed by atoms with Crippen molar-refractivity contribution in [3.05, 3.63) is 35.4 Å². The monoisotopic (exact) mass is 221 g/mol. The van der Waals surface area contributed by atoms with E-state index in [1.165, 1.54) is 11.1 Å². The lowest BCUT2D eigenvalue weighted by Crippen LogP contribution is -2.34. The molecule has 2 N–H and O–H groups in total. The molecule has 1 aliphatic heterocycles. The molecule has 0 spiro atoms. The number of ether oxygens (including phenoxy) is 2. The summed E-state index contributed by atoms with van der Waals surface area (Å²) in [7, 11) is 1.70. The SMILES string of the molecule is COCc1ccc(C2OCCCC2N)cc1. The highest BCUT2D eigenvalue weighted by molar-refractivity contribution is 5.25. The molecule has 1 aliphatic rings. The Morgan fingerprint density at radius 2 is 2.12 bits per heavy atom. The molecule has 16 heavy (non-hydrogen) atoms. The zero-order valence-electron chi connectivity index (χ0n) is 9.69. The first kappa shape index (κ1) is 11.6. The molecule has 1 aromatic carbocycles. The summed E-state index contributed by atoms with van der Waals surface area (Å²) in [5, 5.41) is 0. The van der Waals surface area contributed by atoms with Crippen molar-refractivity contribution in [2.45, 2.75) is 31.6 Å². The van der Waals surface area contributed by atoms with Crippen LogP contribution in [-0.4, -0.2) is 19.8 Å². The van der Waals surface area contributed by atoms with Gasteiger partial charge in [-0.05, 0) is 24.0 Å². The van der Waals surface area contributed by atoms with Crippen LogP contribution in [0.25, 0.3) is 0 Å². The predicted molar refractivity (Wildman–Crippen MR) is 63.1 cm³/mol. The molecule has 1 aromatic rings. The highest BCUT2D eigenvalue weighted by Gasteiger charge is 2.23. The number of nitrogens with two attached hydrogens (primary N) is 1. The zero-order valence-corrected chi connectivity index (χ0v) is 9.69. The van der Waals surface area contributed by atoms with E-state index in [-0.39, 0.29) is 12.1 Å². The Morgan fingerprint density at radius 1 is 1.38 bits per heavy atom. The second-order valence-electron chi connectivity index (χ2n) is 4.27. The van der Waals surface area contributed by atoms with Gasteiger partial charge in [0.25, 0.3) is 0 Å². The van der Waals surface area contributed by atoms with Crippen LogP contribution in [0, 0.1) is 0 Å². The highest BCUT2D eigenvalue weighted by atomic mass is 16.5. The molecule has 0 radical (unpaired) electrons. The van der Waals surface area contributed by atoms with Gasteiger partial charge in [0.05, 0.1) is 12.7 Å². The van der Waals surface area contributed by atoms with Crippen LogP contribution in [0.1, 0.15) is 30.1 Å². The Balaban J connectivity index is 2.08. The molecule has 3 heteroatoms. The molecule has 0 saturated carbocycles. The molecule has 88 valence electrons. The maximum absolute atomic E-state index is 6.06. The molecule has 1 saturated heterocycles. The average Bonchev–Trinajstić information content (AvgIpc) is 2.31. The molecule has 0 aliphatic carbocycles. The van der Waals surface area contributed by atoms with Gasteiger partial charge in [-0.25, -0.2) is 0 Å². The molecule has 1 fully saturated rings. The van der Waals surface area contributed by atoms with Gasteiger partial charge in [-0.3, -0.25) is 0 Å². The summed E-state index contributed by atoms with van der Waals surface area (Å²) in [5.41, 5.74) is 8.41. The third-order valence-electron chi connectivity index (χ3n) is 2.99. The molecular weight excluding hydrogens is 202 g/mol. The third kappa shape index (κ3) is 2.61.